The molecule has 0 amide bonds. The van der Waals surface area contributed by atoms with Gasteiger partial charge in [-0.25, -0.2) is 0 Å². The fraction of sp³-hybridized carbons (Fsp3) is 0.571. The molecule has 4 rings (SSSR count). The Morgan fingerprint density at radius 2 is 2.11 bits per heavy atom. The molecule has 2 bridgehead atoms. The zero-order chi connectivity index (χ0) is 13.1. The van der Waals surface area contributed by atoms with E-state index in [0.29, 0.717) is 11.7 Å². The Balaban J connectivity index is 1.70. The predicted molar refractivity (Wildman–Crippen MR) is 73.0 cm³/mol. The van der Waals surface area contributed by atoms with Crippen LogP contribution in [0.4, 0.5) is 17.1 Å². The normalized spacial score (nSPS) is 35.1. The molecule has 3 fully saturated rings. The molecule has 19 heavy (non-hydrogen) atoms. The Hall–Kier alpha value is -1.78. The number of anilines is 2. The second-order valence-corrected chi connectivity index (χ2v) is 6.15. The summed E-state index contributed by atoms with van der Waals surface area (Å²) in [7, 11) is 0. The lowest BCUT2D eigenvalue weighted by Gasteiger charge is -2.51. The van der Waals surface area contributed by atoms with Crippen LogP contribution in [0.2, 0.25) is 0 Å². The van der Waals surface area contributed by atoms with Crippen LogP contribution in [0.5, 0.6) is 0 Å². The molecular formula is C14H17N3O2. The van der Waals surface area contributed by atoms with E-state index in [2.05, 4.69) is 4.90 Å². The molecule has 1 aromatic carbocycles. The third-order valence-corrected chi connectivity index (χ3v) is 5.31. The zero-order valence-electron chi connectivity index (χ0n) is 10.7. The maximum Gasteiger partial charge on any atom is 0.292 e. The topological polar surface area (TPSA) is 72.4 Å². The van der Waals surface area contributed by atoms with Gasteiger partial charge in [-0.05, 0) is 49.1 Å². The summed E-state index contributed by atoms with van der Waals surface area (Å²) in [5.74, 6) is 2.37. The van der Waals surface area contributed by atoms with Gasteiger partial charge in [0, 0.05) is 24.3 Å². The monoisotopic (exact) mass is 259 g/mol. The first kappa shape index (κ1) is 11.1. The number of nitrogens with zero attached hydrogens (tertiary/aromatic N) is 2. The SMILES string of the molecule is Nc1ccc([N+](=O)[O-])c(N2C[C@H]3[C@H]4CC[C@@H](C4)[C@H]32)c1. The van der Waals surface area contributed by atoms with Crippen molar-refractivity contribution < 1.29 is 4.92 Å². The molecule has 1 aromatic rings. The molecule has 1 saturated heterocycles. The van der Waals surface area contributed by atoms with E-state index in [1.165, 1.54) is 25.3 Å². The second kappa shape index (κ2) is 3.62. The highest BCUT2D eigenvalue weighted by molar-refractivity contribution is 5.70. The fourth-order valence-electron chi connectivity index (χ4n) is 4.52. The number of rotatable bonds is 2. The molecular weight excluding hydrogens is 242 g/mol. The van der Waals surface area contributed by atoms with E-state index in [1.807, 2.05) is 0 Å². The van der Waals surface area contributed by atoms with Gasteiger partial charge in [-0.3, -0.25) is 10.1 Å². The van der Waals surface area contributed by atoms with Crippen molar-refractivity contribution in [2.75, 3.05) is 17.2 Å². The van der Waals surface area contributed by atoms with Gasteiger partial charge in [0.1, 0.15) is 5.69 Å². The molecule has 5 heteroatoms. The first-order chi connectivity index (χ1) is 9.15. The van der Waals surface area contributed by atoms with Crippen LogP contribution in [-0.4, -0.2) is 17.5 Å². The van der Waals surface area contributed by atoms with Gasteiger partial charge in [-0.1, -0.05) is 0 Å². The number of fused-ring (bicyclic) bond motifs is 5. The number of hydrogen-bond donors (Lipinski definition) is 1. The summed E-state index contributed by atoms with van der Waals surface area (Å²) in [6, 6.07) is 5.44. The van der Waals surface area contributed by atoms with Gasteiger partial charge in [-0.2, -0.15) is 0 Å². The zero-order valence-corrected chi connectivity index (χ0v) is 10.7. The van der Waals surface area contributed by atoms with Gasteiger partial charge in [0.15, 0.2) is 0 Å². The van der Waals surface area contributed by atoms with Crippen molar-refractivity contribution in [1.82, 2.24) is 0 Å². The van der Waals surface area contributed by atoms with Crippen molar-refractivity contribution in [2.45, 2.75) is 25.3 Å². The molecule has 1 heterocycles. The highest BCUT2D eigenvalue weighted by atomic mass is 16.6. The van der Waals surface area contributed by atoms with E-state index in [4.69, 9.17) is 5.73 Å². The molecule has 2 saturated carbocycles. The van der Waals surface area contributed by atoms with Gasteiger partial charge in [-0.15, -0.1) is 0 Å². The lowest BCUT2D eigenvalue weighted by atomic mass is 9.76. The quantitative estimate of drug-likeness (QED) is 0.503. The van der Waals surface area contributed by atoms with Crippen LogP contribution < -0.4 is 10.6 Å². The molecule has 0 spiro atoms. The molecule has 100 valence electrons. The smallest absolute Gasteiger partial charge is 0.292 e. The predicted octanol–water partition coefficient (Wildman–Crippen LogP) is 2.41. The van der Waals surface area contributed by atoms with Crippen LogP contribution in [0.1, 0.15) is 19.3 Å². The molecule has 0 aromatic heterocycles. The van der Waals surface area contributed by atoms with Gasteiger partial charge in [0.05, 0.1) is 4.92 Å². The van der Waals surface area contributed by atoms with Crippen LogP contribution in [0, 0.1) is 27.9 Å². The summed E-state index contributed by atoms with van der Waals surface area (Å²) >= 11 is 0. The molecule has 0 unspecified atom stereocenters. The summed E-state index contributed by atoms with van der Waals surface area (Å²) in [6.45, 7) is 0.968. The van der Waals surface area contributed by atoms with Crippen molar-refractivity contribution in [3.05, 3.63) is 28.3 Å². The largest absolute Gasteiger partial charge is 0.399 e. The summed E-state index contributed by atoms with van der Waals surface area (Å²) in [6.07, 6.45) is 3.97. The Bertz CT molecular complexity index is 558. The Morgan fingerprint density at radius 1 is 1.32 bits per heavy atom. The van der Waals surface area contributed by atoms with Crippen molar-refractivity contribution in [1.29, 1.82) is 0 Å². The first-order valence-electron chi connectivity index (χ1n) is 6.95. The van der Waals surface area contributed by atoms with Gasteiger partial charge in [0.2, 0.25) is 0 Å². The minimum Gasteiger partial charge on any atom is -0.399 e. The Kier molecular flexibility index (Phi) is 2.11. The second-order valence-electron chi connectivity index (χ2n) is 6.15. The molecule has 0 radical (unpaired) electrons. The fourth-order valence-corrected chi connectivity index (χ4v) is 4.52. The summed E-state index contributed by atoms with van der Waals surface area (Å²) in [5.41, 5.74) is 7.32. The lowest BCUT2D eigenvalue weighted by Crippen LogP contribution is -2.59. The highest BCUT2D eigenvalue weighted by Crippen LogP contribution is 2.57. The molecule has 4 atom stereocenters. The number of nitrogens with two attached hydrogens (primary N) is 1. The Morgan fingerprint density at radius 3 is 2.84 bits per heavy atom. The molecule has 3 aliphatic rings. The maximum atomic E-state index is 11.2. The van der Waals surface area contributed by atoms with Crippen LogP contribution in [-0.2, 0) is 0 Å². The Labute approximate surface area is 111 Å². The van der Waals surface area contributed by atoms with Crippen LogP contribution in [0.3, 0.4) is 0 Å². The van der Waals surface area contributed by atoms with E-state index >= 15 is 0 Å². The van der Waals surface area contributed by atoms with Gasteiger partial charge >= 0.3 is 0 Å². The summed E-state index contributed by atoms with van der Waals surface area (Å²) in [5, 5.41) is 11.2. The van der Waals surface area contributed by atoms with E-state index in [9.17, 15) is 10.1 Å². The van der Waals surface area contributed by atoms with E-state index in [0.717, 1.165) is 30.0 Å². The number of nitro groups is 1. The average Bonchev–Trinajstić information content (AvgIpc) is 2.85. The molecule has 5 nitrogen and oxygen atoms in total. The number of hydrogen-bond acceptors (Lipinski definition) is 4. The third kappa shape index (κ3) is 1.41. The minimum atomic E-state index is -0.296. The highest BCUT2D eigenvalue weighted by Gasteiger charge is 2.57. The molecule has 1 aliphatic heterocycles. The lowest BCUT2D eigenvalue weighted by molar-refractivity contribution is -0.384. The van der Waals surface area contributed by atoms with Crippen molar-refractivity contribution >= 4 is 17.1 Å². The van der Waals surface area contributed by atoms with E-state index < -0.39 is 0 Å². The van der Waals surface area contributed by atoms with E-state index in [-0.39, 0.29) is 10.6 Å². The standard InChI is InChI=1S/C14H17N3O2/c15-10-3-4-12(17(18)19)13(6-10)16-7-11-8-1-2-9(5-8)14(11)16/h3-4,6,8-9,11,14H,1-2,5,7,15H2/t8-,9-,11-,14+/m0/s1. The number of nitro benzene ring substituents is 1. The van der Waals surface area contributed by atoms with Crippen LogP contribution >= 0.6 is 0 Å². The van der Waals surface area contributed by atoms with E-state index in [1.54, 1.807) is 12.1 Å². The van der Waals surface area contributed by atoms with Gasteiger partial charge in [0.25, 0.3) is 5.69 Å². The van der Waals surface area contributed by atoms with Crippen molar-refractivity contribution in [3.8, 4) is 0 Å². The number of benzene rings is 1. The van der Waals surface area contributed by atoms with Gasteiger partial charge < -0.3 is 10.6 Å². The van der Waals surface area contributed by atoms with Crippen LogP contribution in [0.25, 0.3) is 0 Å². The summed E-state index contributed by atoms with van der Waals surface area (Å²) < 4.78 is 0. The summed E-state index contributed by atoms with van der Waals surface area (Å²) in [4.78, 5) is 13.1. The minimum absolute atomic E-state index is 0.190. The first-order valence-corrected chi connectivity index (χ1v) is 6.95. The molecule has 2 aliphatic carbocycles. The maximum absolute atomic E-state index is 11.2. The van der Waals surface area contributed by atoms with Crippen LogP contribution in [0.15, 0.2) is 18.2 Å². The third-order valence-electron chi connectivity index (χ3n) is 5.31. The van der Waals surface area contributed by atoms with Crippen molar-refractivity contribution in [3.63, 3.8) is 0 Å². The number of nitrogen functional groups attached to an aromatic ring is 1. The van der Waals surface area contributed by atoms with Crippen molar-refractivity contribution in [2.24, 2.45) is 17.8 Å². The average molecular weight is 259 g/mol. The molecule has 2 N–H and O–H groups in total.